The lowest BCUT2D eigenvalue weighted by Crippen LogP contribution is -2.23. The number of rotatable bonds is 5. The number of hydrogen-bond acceptors (Lipinski definition) is 5. The third-order valence-corrected chi connectivity index (χ3v) is 4.64. The monoisotopic (exact) mass is 298 g/mol. The molecule has 1 aromatic carbocycles. The van der Waals surface area contributed by atoms with Gasteiger partial charge in [-0.1, -0.05) is 0 Å². The minimum absolute atomic E-state index is 0.191. The zero-order valence-corrected chi connectivity index (χ0v) is 12.2. The van der Waals surface area contributed by atoms with Crippen LogP contribution in [0.25, 0.3) is 0 Å². The van der Waals surface area contributed by atoms with Crippen LogP contribution in [0.2, 0.25) is 0 Å². The van der Waals surface area contributed by atoms with Crippen LogP contribution in [0, 0.1) is 6.92 Å². The summed E-state index contributed by atoms with van der Waals surface area (Å²) in [4.78, 5) is 4.25. The first kappa shape index (κ1) is 14.0. The topological polar surface area (TPSA) is 68.3 Å². The van der Waals surface area contributed by atoms with Gasteiger partial charge in [0.25, 0.3) is 0 Å². The van der Waals surface area contributed by atoms with Crippen molar-refractivity contribution < 1.29 is 13.2 Å². The Labute approximate surface area is 116 Å². The first-order chi connectivity index (χ1) is 9.03. The summed E-state index contributed by atoms with van der Waals surface area (Å²) >= 11 is 1.43. The van der Waals surface area contributed by atoms with Gasteiger partial charge < -0.3 is 4.74 Å². The van der Waals surface area contributed by atoms with Crippen LogP contribution in [0.3, 0.4) is 0 Å². The lowest BCUT2D eigenvalue weighted by atomic mass is 10.2. The quantitative estimate of drug-likeness (QED) is 0.916. The minimum Gasteiger partial charge on any atom is -0.496 e. The Kier molecular flexibility index (Phi) is 4.18. The van der Waals surface area contributed by atoms with Crippen LogP contribution in [-0.2, 0) is 16.6 Å². The third-order valence-electron chi connectivity index (χ3n) is 2.60. The van der Waals surface area contributed by atoms with E-state index in [2.05, 4.69) is 9.71 Å². The SMILES string of the molecule is COc1ccc(S(=O)(=O)NCc2cscn2)cc1C. The van der Waals surface area contributed by atoms with Crippen molar-refractivity contribution in [3.8, 4) is 5.75 Å². The van der Waals surface area contributed by atoms with E-state index in [1.165, 1.54) is 17.4 Å². The van der Waals surface area contributed by atoms with Crippen molar-refractivity contribution in [1.29, 1.82) is 0 Å². The Morgan fingerprint density at radius 3 is 2.79 bits per heavy atom. The second-order valence-electron chi connectivity index (χ2n) is 3.94. The highest BCUT2D eigenvalue weighted by Gasteiger charge is 2.15. The number of nitrogens with one attached hydrogen (secondary N) is 1. The highest BCUT2D eigenvalue weighted by Crippen LogP contribution is 2.21. The van der Waals surface area contributed by atoms with Gasteiger partial charge >= 0.3 is 0 Å². The number of aryl methyl sites for hydroxylation is 1. The van der Waals surface area contributed by atoms with Crippen molar-refractivity contribution in [3.05, 3.63) is 40.3 Å². The molecule has 5 nitrogen and oxygen atoms in total. The fraction of sp³-hybridized carbons (Fsp3) is 0.250. The molecule has 0 radical (unpaired) electrons. The Balaban J connectivity index is 2.17. The van der Waals surface area contributed by atoms with E-state index in [1.54, 1.807) is 31.7 Å². The number of nitrogens with zero attached hydrogens (tertiary/aromatic N) is 1. The Morgan fingerprint density at radius 2 is 2.21 bits per heavy atom. The maximum absolute atomic E-state index is 12.1. The largest absolute Gasteiger partial charge is 0.496 e. The summed E-state index contributed by atoms with van der Waals surface area (Å²) in [6.45, 7) is 2.00. The zero-order valence-electron chi connectivity index (χ0n) is 10.6. The van der Waals surface area contributed by atoms with E-state index >= 15 is 0 Å². The van der Waals surface area contributed by atoms with Crippen LogP contribution in [0.5, 0.6) is 5.75 Å². The van der Waals surface area contributed by atoms with Crippen LogP contribution in [0.4, 0.5) is 0 Å². The first-order valence-electron chi connectivity index (χ1n) is 5.54. The smallest absolute Gasteiger partial charge is 0.240 e. The number of thiazole rings is 1. The van der Waals surface area contributed by atoms with E-state index < -0.39 is 10.0 Å². The second kappa shape index (κ2) is 5.68. The summed E-state index contributed by atoms with van der Waals surface area (Å²) in [5.41, 5.74) is 3.15. The van der Waals surface area contributed by atoms with Crippen LogP contribution < -0.4 is 9.46 Å². The van der Waals surface area contributed by atoms with Crippen molar-refractivity contribution in [2.75, 3.05) is 7.11 Å². The number of methoxy groups -OCH3 is 1. The summed E-state index contributed by atoms with van der Waals surface area (Å²) in [6, 6.07) is 4.75. The summed E-state index contributed by atoms with van der Waals surface area (Å²) in [7, 11) is -1.97. The van der Waals surface area contributed by atoms with Crippen molar-refractivity contribution in [2.45, 2.75) is 18.4 Å². The number of aromatic nitrogens is 1. The molecular weight excluding hydrogens is 284 g/mol. The summed E-state index contributed by atoms with van der Waals surface area (Å²) < 4.78 is 31.8. The minimum atomic E-state index is -3.52. The molecule has 0 aliphatic heterocycles. The van der Waals surface area contributed by atoms with Gasteiger partial charge in [-0.15, -0.1) is 11.3 Å². The first-order valence-corrected chi connectivity index (χ1v) is 7.97. The summed E-state index contributed by atoms with van der Waals surface area (Å²) in [5.74, 6) is 0.665. The van der Waals surface area contributed by atoms with Gasteiger partial charge in [-0.05, 0) is 30.7 Å². The number of sulfonamides is 1. The molecule has 0 bridgehead atoms. The van der Waals surface area contributed by atoms with Gasteiger partial charge in [-0.2, -0.15) is 0 Å². The van der Waals surface area contributed by atoms with E-state index in [0.717, 1.165) is 5.56 Å². The van der Waals surface area contributed by atoms with Crippen LogP contribution in [-0.4, -0.2) is 20.5 Å². The van der Waals surface area contributed by atoms with E-state index in [0.29, 0.717) is 11.4 Å². The van der Waals surface area contributed by atoms with Gasteiger partial charge in [0.05, 0.1) is 29.8 Å². The van der Waals surface area contributed by atoms with E-state index in [9.17, 15) is 8.42 Å². The average molecular weight is 298 g/mol. The normalized spacial score (nSPS) is 11.5. The van der Waals surface area contributed by atoms with Gasteiger partial charge in [0, 0.05) is 5.38 Å². The molecule has 0 atom stereocenters. The molecule has 0 aliphatic rings. The van der Waals surface area contributed by atoms with E-state index in [4.69, 9.17) is 4.74 Å². The van der Waals surface area contributed by atoms with Crippen LogP contribution >= 0.6 is 11.3 Å². The molecule has 19 heavy (non-hydrogen) atoms. The maximum atomic E-state index is 12.1. The predicted molar refractivity (Wildman–Crippen MR) is 73.9 cm³/mol. The lowest BCUT2D eigenvalue weighted by molar-refractivity contribution is 0.411. The average Bonchev–Trinajstić information content (AvgIpc) is 2.89. The molecule has 0 aliphatic carbocycles. The predicted octanol–water partition coefficient (Wildman–Crippen LogP) is 1.94. The number of hydrogen-bond donors (Lipinski definition) is 1. The lowest BCUT2D eigenvalue weighted by Gasteiger charge is -2.09. The van der Waals surface area contributed by atoms with Crippen LogP contribution in [0.1, 0.15) is 11.3 Å². The molecule has 2 aromatic rings. The Hall–Kier alpha value is -1.44. The molecule has 102 valence electrons. The van der Waals surface area contributed by atoms with Gasteiger partial charge in [-0.3, -0.25) is 0 Å². The molecule has 0 spiro atoms. The fourth-order valence-electron chi connectivity index (χ4n) is 1.60. The molecule has 0 unspecified atom stereocenters. The third kappa shape index (κ3) is 3.31. The molecule has 0 amide bonds. The van der Waals surface area contributed by atoms with Crippen molar-refractivity contribution in [1.82, 2.24) is 9.71 Å². The standard InChI is InChI=1S/C12H14N2O3S2/c1-9-5-11(3-4-12(9)17-2)19(15,16)14-6-10-7-18-8-13-10/h3-5,7-8,14H,6H2,1-2H3. The molecule has 1 N–H and O–H groups in total. The van der Waals surface area contributed by atoms with Crippen molar-refractivity contribution in [2.24, 2.45) is 0 Å². The highest BCUT2D eigenvalue weighted by molar-refractivity contribution is 7.89. The fourth-order valence-corrected chi connectivity index (χ4v) is 3.24. The molecule has 7 heteroatoms. The van der Waals surface area contributed by atoms with Crippen LogP contribution in [0.15, 0.2) is 34.0 Å². The van der Waals surface area contributed by atoms with Gasteiger partial charge in [-0.25, -0.2) is 18.1 Å². The summed E-state index contributed by atoms with van der Waals surface area (Å²) in [5, 5.41) is 1.81. The van der Waals surface area contributed by atoms with Crippen molar-refractivity contribution in [3.63, 3.8) is 0 Å². The molecular formula is C12H14N2O3S2. The van der Waals surface area contributed by atoms with Crippen molar-refractivity contribution >= 4 is 21.4 Å². The number of benzene rings is 1. The van der Waals surface area contributed by atoms with Gasteiger partial charge in [0.1, 0.15) is 5.75 Å². The second-order valence-corrected chi connectivity index (χ2v) is 6.42. The Morgan fingerprint density at radius 1 is 1.42 bits per heavy atom. The molecule has 0 fully saturated rings. The Bertz CT molecular complexity index is 652. The van der Waals surface area contributed by atoms with Gasteiger partial charge in [0.15, 0.2) is 0 Å². The zero-order chi connectivity index (χ0) is 13.9. The number of ether oxygens (including phenoxy) is 1. The maximum Gasteiger partial charge on any atom is 0.240 e. The highest BCUT2D eigenvalue weighted by atomic mass is 32.2. The van der Waals surface area contributed by atoms with E-state index in [1.807, 2.05) is 5.38 Å². The molecule has 0 saturated carbocycles. The molecule has 2 rings (SSSR count). The molecule has 1 heterocycles. The van der Waals surface area contributed by atoms with Gasteiger partial charge in [0.2, 0.25) is 10.0 Å². The summed E-state index contributed by atoms with van der Waals surface area (Å²) in [6.07, 6.45) is 0. The van der Waals surface area contributed by atoms with E-state index in [-0.39, 0.29) is 11.4 Å². The molecule has 0 saturated heterocycles. The molecule has 1 aromatic heterocycles.